The zero-order valence-electron chi connectivity index (χ0n) is 14.9. The average molecular weight is 434 g/mol. The van der Waals surface area contributed by atoms with E-state index >= 15 is 0 Å². The van der Waals surface area contributed by atoms with Gasteiger partial charge >= 0.3 is 0 Å². The number of benzene rings is 2. The van der Waals surface area contributed by atoms with Crippen molar-refractivity contribution in [1.82, 2.24) is 5.43 Å². The Bertz CT molecular complexity index is 1110. The van der Waals surface area contributed by atoms with Gasteiger partial charge in [-0.05, 0) is 42.5 Å². The molecule has 0 radical (unpaired) electrons. The van der Waals surface area contributed by atoms with E-state index < -0.39 is 10.8 Å². The molecule has 2 aromatic carbocycles. The second-order valence-electron chi connectivity index (χ2n) is 5.67. The molecule has 1 N–H and O–H groups in total. The second-order valence-corrected chi connectivity index (χ2v) is 6.48. The molecule has 0 spiro atoms. The van der Waals surface area contributed by atoms with Crippen LogP contribution in [0.1, 0.15) is 16.1 Å². The standard InChI is InChI=1S/C19H13Cl2N3O5/c1-28-12-3-5-14(17(9-12)24(26)27)18-7-4-13(29-18)10-22-23-19(25)11-2-6-15(20)16(21)8-11/h2-10H,1H3,(H,23,25)/b22-10-. The Balaban J connectivity index is 1.74. The fourth-order valence-corrected chi connectivity index (χ4v) is 2.72. The van der Waals surface area contributed by atoms with Crippen LogP contribution in [0.3, 0.4) is 0 Å². The van der Waals surface area contributed by atoms with Gasteiger partial charge in [-0.2, -0.15) is 5.10 Å². The number of furan rings is 1. The maximum atomic E-state index is 12.1. The number of hydrogen-bond donors (Lipinski definition) is 1. The highest BCUT2D eigenvalue weighted by molar-refractivity contribution is 6.42. The van der Waals surface area contributed by atoms with Gasteiger partial charge in [-0.1, -0.05) is 23.2 Å². The number of carbonyl (C=O) groups is 1. The van der Waals surface area contributed by atoms with E-state index in [9.17, 15) is 14.9 Å². The molecule has 1 aromatic heterocycles. The molecule has 0 fully saturated rings. The van der Waals surface area contributed by atoms with E-state index in [1.807, 2.05) is 0 Å². The van der Waals surface area contributed by atoms with Crippen LogP contribution in [0, 0.1) is 10.1 Å². The lowest BCUT2D eigenvalue weighted by molar-refractivity contribution is -0.384. The molecule has 0 bridgehead atoms. The van der Waals surface area contributed by atoms with Crippen LogP contribution >= 0.6 is 23.2 Å². The monoisotopic (exact) mass is 433 g/mol. The number of ether oxygens (including phenoxy) is 1. The molecule has 8 nitrogen and oxygen atoms in total. The molecule has 0 saturated heterocycles. The maximum absolute atomic E-state index is 12.1. The predicted octanol–water partition coefficient (Wildman–Crippen LogP) is 4.93. The normalized spacial score (nSPS) is 10.9. The number of nitrogens with zero attached hydrogens (tertiary/aromatic N) is 2. The fourth-order valence-electron chi connectivity index (χ4n) is 2.42. The summed E-state index contributed by atoms with van der Waals surface area (Å²) in [6.45, 7) is 0. The number of methoxy groups -OCH3 is 1. The smallest absolute Gasteiger partial charge is 0.284 e. The highest BCUT2D eigenvalue weighted by Crippen LogP contribution is 2.33. The van der Waals surface area contributed by atoms with Crippen LogP contribution in [-0.2, 0) is 0 Å². The third kappa shape index (κ3) is 4.74. The van der Waals surface area contributed by atoms with Gasteiger partial charge in [0.2, 0.25) is 0 Å². The first-order chi connectivity index (χ1) is 13.9. The van der Waals surface area contributed by atoms with Crippen LogP contribution in [0.15, 0.2) is 58.0 Å². The van der Waals surface area contributed by atoms with Crippen molar-refractivity contribution in [2.75, 3.05) is 7.11 Å². The number of nitrogens with one attached hydrogen (secondary N) is 1. The van der Waals surface area contributed by atoms with Gasteiger partial charge in [0.1, 0.15) is 17.3 Å². The van der Waals surface area contributed by atoms with E-state index in [0.29, 0.717) is 16.5 Å². The van der Waals surface area contributed by atoms with Crippen LogP contribution in [-0.4, -0.2) is 24.2 Å². The van der Waals surface area contributed by atoms with Gasteiger partial charge in [0, 0.05) is 5.56 Å². The van der Waals surface area contributed by atoms with Crippen molar-refractivity contribution in [3.63, 3.8) is 0 Å². The summed E-state index contributed by atoms with van der Waals surface area (Å²) in [4.78, 5) is 22.9. The first-order valence-corrected chi connectivity index (χ1v) is 8.85. The molecular weight excluding hydrogens is 421 g/mol. The third-order valence-corrected chi connectivity index (χ3v) is 4.57. The molecule has 10 heteroatoms. The van der Waals surface area contributed by atoms with Crippen molar-refractivity contribution in [3.05, 3.63) is 80.0 Å². The summed E-state index contributed by atoms with van der Waals surface area (Å²) in [7, 11) is 1.42. The van der Waals surface area contributed by atoms with Crippen molar-refractivity contribution in [3.8, 4) is 17.1 Å². The molecular formula is C19H13Cl2N3O5. The number of amides is 1. The van der Waals surface area contributed by atoms with Gasteiger partial charge < -0.3 is 9.15 Å². The van der Waals surface area contributed by atoms with Crippen molar-refractivity contribution in [2.45, 2.75) is 0 Å². The Morgan fingerprint density at radius 1 is 1.17 bits per heavy atom. The number of carbonyl (C=O) groups excluding carboxylic acids is 1. The van der Waals surface area contributed by atoms with Gasteiger partial charge in [-0.15, -0.1) is 0 Å². The highest BCUT2D eigenvalue weighted by Gasteiger charge is 2.19. The Morgan fingerprint density at radius 2 is 1.97 bits per heavy atom. The first-order valence-electron chi connectivity index (χ1n) is 8.10. The molecule has 3 rings (SSSR count). The average Bonchev–Trinajstić information content (AvgIpc) is 3.18. The molecule has 0 aliphatic rings. The molecule has 0 saturated carbocycles. The summed E-state index contributed by atoms with van der Waals surface area (Å²) in [5.41, 5.74) is 2.74. The van der Waals surface area contributed by atoms with Gasteiger partial charge in [0.05, 0.1) is 39.9 Å². The van der Waals surface area contributed by atoms with E-state index in [1.54, 1.807) is 18.2 Å². The van der Waals surface area contributed by atoms with Crippen molar-refractivity contribution in [1.29, 1.82) is 0 Å². The quantitative estimate of drug-likeness (QED) is 0.336. The number of halogens is 2. The molecule has 0 aliphatic heterocycles. The number of hydrogen-bond acceptors (Lipinski definition) is 6. The SMILES string of the molecule is COc1ccc(-c2ccc(/C=N\NC(=O)c3ccc(Cl)c(Cl)c3)o2)c([N+](=O)[O-])c1. The lowest BCUT2D eigenvalue weighted by Gasteiger charge is -2.03. The molecule has 0 atom stereocenters. The van der Waals surface area contributed by atoms with Crippen molar-refractivity contribution < 1.29 is 18.9 Å². The first kappa shape index (κ1) is 20.4. The number of hydrazone groups is 1. The molecule has 0 aliphatic carbocycles. The zero-order chi connectivity index (χ0) is 21.0. The van der Waals surface area contributed by atoms with Crippen LogP contribution < -0.4 is 10.2 Å². The Labute approximate surface area is 174 Å². The largest absolute Gasteiger partial charge is 0.497 e. The minimum Gasteiger partial charge on any atom is -0.497 e. The summed E-state index contributed by atoms with van der Waals surface area (Å²) < 4.78 is 10.6. The van der Waals surface area contributed by atoms with E-state index in [4.69, 9.17) is 32.4 Å². The molecule has 0 unspecified atom stereocenters. The summed E-state index contributed by atoms with van der Waals surface area (Å²) in [6, 6.07) is 12.0. The number of rotatable bonds is 6. The Kier molecular flexibility index (Phi) is 6.16. The van der Waals surface area contributed by atoms with Gasteiger partial charge in [0.25, 0.3) is 11.6 Å². The molecule has 1 heterocycles. The van der Waals surface area contributed by atoms with E-state index in [-0.39, 0.29) is 27.6 Å². The Morgan fingerprint density at radius 3 is 2.66 bits per heavy atom. The van der Waals surface area contributed by atoms with Gasteiger partial charge in [-0.3, -0.25) is 14.9 Å². The fraction of sp³-hybridized carbons (Fsp3) is 0.0526. The minimum atomic E-state index is -0.522. The molecule has 29 heavy (non-hydrogen) atoms. The minimum absolute atomic E-state index is 0.157. The van der Waals surface area contributed by atoms with Crippen LogP contribution in [0.5, 0.6) is 5.75 Å². The maximum Gasteiger partial charge on any atom is 0.284 e. The van der Waals surface area contributed by atoms with Crippen molar-refractivity contribution >= 4 is 41.0 Å². The molecule has 3 aromatic rings. The molecule has 148 valence electrons. The highest BCUT2D eigenvalue weighted by atomic mass is 35.5. The Hall–Kier alpha value is -3.36. The summed E-state index contributed by atoms with van der Waals surface area (Å²) in [5, 5.41) is 15.7. The van der Waals surface area contributed by atoms with Crippen LogP contribution in [0.2, 0.25) is 10.0 Å². The number of nitro benzene ring substituents is 1. The topological polar surface area (TPSA) is 107 Å². The summed E-state index contributed by atoms with van der Waals surface area (Å²) in [5.74, 6) is 0.437. The zero-order valence-corrected chi connectivity index (χ0v) is 16.4. The molecule has 1 amide bonds. The van der Waals surface area contributed by atoms with Crippen molar-refractivity contribution in [2.24, 2.45) is 5.10 Å². The van der Waals surface area contributed by atoms with E-state index in [2.05, 4.69) is 10.5 Å². The van der Waals surface area contributed by atoms with Crippen LogP contribution in [0.4, 0.5) is 5.69 Å². The van der Waals surface area contributed by atoms with E-state index in [0.717, 1.165) is 0 Å². The lowest BCUT2D eigenvalue weighted by atomic mass is 10.1. The van der Waals surface area contributed by atoms with Crippen LogP contribution in [0.25, 0.3) is 11.3 Å². The second kappa shape index (κ2) is 8.76. The van der Waals surface area contributed by atoms with Gasteiger partial charge in [-0.25, -0.2) is 5.43 Å². The third-order valence-electron chi connectivity index (χ3n) is 3.83. The summed E-state index contributed by atoms with van der Waals surface area (Å²) in [6.07, 6.45) is 1.27. The van der Waals surface area contributed by atoms with E-state index in [1.165, 1.54) is 43.7 Å². The lowest BCUT2D eigenvalue weighted by Crippen LogP contribution is -2.17. The summed E-state index contributed by atoms with van der Waals surface area (Å²) >= 11 is 11.7. The number of nitro groups is 1. The predicted molar refractivity (Wildman–Crippen MR) is 109 cm³/mol. The van der Waals surface area contributed by atoms with Gasteiger partial charge in [0.15, 0.2) is 0 Å².